The number of phenolic OH excluding ortho intramolecular Hbond substituents is 3. The molecule has 0 spiro atoms. The van der Waals surface area contributed by atoms with Gasteiger partial charge in [-0.25, -0.2) is 0 Å². The molecule has 0 amide bonds. The molecule has 4 N–H and O–H groups in total. The summed E-state index contributed by atoms with van der Waals surface area (Å²) in [6.45, 7) is 0. The van der Waals surface area contributed by atoms with E-state index in [0.29, 0.717) is 6.42 Å². The molecule has 4 nitrogen and oxygen atoms in total. The number of phenols is 3. The average molecular weight is 525 g/mol. The first-order valence-corrected chi connectivity index (χ1v) is 16.3. The first-order chi connectivity index (χ1) is 10.8. The second kappa shape index (κ2) is 8.24. The SMILES string of the molecule is Oc1ccc(C2c3cc(O)c(O)cc3CC2O)cc1.[Br][Al]([Br])[Br]. The minimum Gasteiger partial charge on any atom is -0.508 e. The van der Waals surface area contributed by atoms with Gasteiger partial charge in [0.05, 0.1) is 6.10 Å². The molecule has 2 atom stereocenters. The van der Waals surface area contributed by atoms with Gasteiger partial charge in [0.2, 0.25) is 0 Å². The zero-order valence-corrected chi connectivity index (χ0v) is 17.7. The molecule has 2 unspecified atom stereocenters. The first-order valence-electron chi connectivity index (χ1n) is 6.73. The van der Waals surface area contributed by atoms with E-state index in [0.717, 1.165) is 16.7 Å². The van der Waals surface area contributed by atoms with Crippen molar-refractivity contribution >= 4 is 50.8 Å². The molecule has 0 fully saturated rings. The highest BCUT2D eigenvalue weighted by atomic mass is 80.0. The van der Waals surface area contributed by atoms with E-state index in [1.54, 1.807) is 24.3 Å². The molecule has 1 aliphatic carbocycles. The van der Waals surface area contributed by atoms with E-state index in [-0.39, 0.29) is 23.2 Å². The minimum absolute atomic E-state index is 0.169. The number of aliphatic hydroxyl groups excluding tert-OH is 1. The van der Waals surface area contributed by atoms with Crippen molar-refractivity contribution in [1.29, 1.82) is 0 Å². The van der Waals surface area contributed by atoms with Crippen molar-refractivity contribution < 1.29 is 20.4 Å². The monoisotopic (exact) mass is 522 g/mol. The third kappa shape index (κ3) is 4.88. The van der Waals surface area contributed by atoms with Gasteiger partial charge in [-0.1, -0.05) is 12.1 Å². The summed E-state index contributed by atoms with van der Waals surface area (Å²) in [5.74, 6) is -0.430. The lowest BCUT2D eigenvalue weighted by Gasteiger charge is -2.16. The summed E-state index contributed by atoms with van der Waals surface area (Å²) < 4.78 is 0. The molecule has 23 heavy (non-hydrogen) atoms. The first kappa shape index (κ1) is 19.1. The summed E-state index contributed by atoms with van der Waals surface area (Å²) in [6.07, 6.45) is -0.157. The molecule has 2 aromatic carbocycles. The van der Waals surface area contributed by atoms with E-state index in [2.05, 4.69) is 42.2 Å². The highest BCUT2D eigenvalue weighted by molar-refractivity contribution is 9.69. The van der Waals surface area contributed by atoms with Crippen LogP contribution in [0.4, 0.5) is 0 Å². The molecule has 0 aromatic heterocycles. The van der Waals surface area contributed by atoms with Crippen molar-refractivity contribution in [2.24, 2.45) is 0 Å². The van der Waals surface area contributed by atoms with Crippen molar-refractivity contribution in [3.63, 3.8) is 0 Å². The van der Waals surface area contributed by atoms with Crippen LogP contribution in [0, 0.1) is 0 Å². The molecule has 0 aliphatic heterocycles. The van der Waals surface area contributed by atoms with Gasteiger partial charge >= 0.3 is 8.67 Å². The zero-order chi connectivity index (χ0) is 17.1. The second-order valence-electron chi connectivity index (χ2n) is 5.13. The Morgan fingerprint density at radius 1 is 0.913 bits per heavy atom. The van der Waals surface area contributed by atoms with Gasteiger partial charge in [-0.15, -0.1) is 0 Å². The lowest BCUT2D eigenvalue weighted by Crippen LogP contribution is -2.14. The normalized spacial score (nSPS) is 18.8. The smallest absolute Gasteiger partial charge is 0.508 e. The predicted molar refractivity (Wildman–Crippen MR) is 102 cm³/mol. The fourth-order valence-electron chi connectivity index (χ4n) is 2.74. The van der Waals surface area contributed by atoms with Gasteiger partial charge in [0, 0.05) is 5.92 Å². The summed E-state index contributed by atoms with van der Waals surface area (Å²) >= 11 is 9.73. The van der Waals surface area contributed by atoms with Crippen LogP contribution >= 0.6 is 42.2 Å². The topological polar surface area (TPSA) is 80.9 Å². The van der Waals surface area contributed by atoms with Crippen molar-refractivity contribution in [1.82, 2.24) is 0 Å². The van der Waals surface area contributed by atoms with Gasteiger partial charge in [0.1, 0.15) is 5.75 Å². The second-order valence-corrected chi connectivity index (χ2v) is 24.9. The number of hydrogen-bond acceptors (Lipinski definition) is 4. The Bertz CT molecular complexity index is 676. The van der Waals surface area contributed by atoms with E-state index < -0.39 is 14.8 Å². The number of halogens is 3. The van der Waals surface area contributed by atoms with Crippen molar-refractivity contribution in [2.75, 3.05) is 0 Å². The Hall–Kier alpha value is -0.228. The third-order valence-corrected chi connectivity index (χ3v) is 3.64. The van der Waals surface area contributed by atoms with Gasteiger partial charge in [-0.3, -0.25) is 0 Å². The van der Waals surface area contributed by atoms with Gasteiger partial charge < -0.3 is 20.4 Å². The minimum atomic E-state index is -0.701. The quantitative estimate of drug-likeness (QED) is 0.336. The van der Waals surface area contributed by atoms with Crippen molar-refractivity contribution in [2.45, 2.75) is 18.4 Å². The summed E-state index contributed by atoms with van der Waals surface area (Å²) in [6, 6.07) is 9.64. The number of benzene rings is 2. The Balaban J connectivity index is 0.000000433. The highest BCUT2D eigenvalue weighted by Gasteiger charge is 2.33. The predicted octanol–water partition coefficient (Wildman–Crippen LogP) is 4.01. The Morgan fingerprint density at radius 2 is 1.43 bits per heavy atom. The molecule has 0 saturated heterocycles. The third-order valence-electron chi connectivity index (χ3n) is 3.64. The van der Waals surface area contributed by atoms with Crippen molar-refractivity contribution in [3.05, 3.63) is 53.1 Å². The molecule has 3 rings (SSSR count). The maximum atomic E-state index is 10.2. The maximum absolute atomic E-state index is 10.2. The summed E-state index contributed by atoms with van der Waals surface area (Å²) in [5, 5.41) is 38.6. The zero-order valence-electron chi connectivity index (χ0n) is 11.8. The van der Waals surface area contributed by atoms with Crippen LogP contribution in [0.2, 0.25) is 0 Å². The number of hydrogen-bond donors (Lipinski definition) is 4. The molecule has 1 aliphatic rings. The lowest BCUT2D eigenvalue weighted by atomic mass is 9.91. The van der Waals surface area contributed by atoms with Crippen LogP contribution in [-0.4, -0.2) is 35.2 Å². The molecule has 2 aromatic rings. The van der Waals surface area contributed by atoms with Crippen LogP contribution in [0.5, 0.6) is 17.2 Å². The van der Waals surface area contributed by atoms with Crippen LogP contribution in [0.25, 0.3) is 0 Å². The van der Waals surface area contributed by atoms with Crippen LogP contribution in [-0.2, 0) is 6.42 Å². The fraction of sp³-hybridized carbons (Fsp3) is 0.200. The van der Waals surface area contributed by atoms with Gasteiger partial charge in [0.25, 0.3) is 0 Å². The highest BCUT2D eigenvalue weighted by Crippen LogP contribution is 2.43. The fourth-order valence-corrected chi connectivity index (χ4v) is 2.74. The van der Waals surface area contributed by atoms with Crippen LogP contribution in [0.1, 0.15) is 22.6 Å². The average Bonchev–Trinajstić information content (AvgIpc) is 2.75. The largest absolute Gasteiger partial charge is 0.542 e. The van der Waals surface area contributed by atoms with Gasteiger partial charge in [-0.2, -0.15) is 42.2 Å². The van der Waals surface area contributed by atoms with Crippen molar-refractivity contribution in [3.8, 4) is 17.2 Å². The lowest BCUT2D eigenvalue weighted by molar-refractivity contribution is 0.169. The molecular weight excluding hydrogens is 511 g/mol. The number of aliphatic hydroxyl groups is 1. The summed E-state index contributed by atoms with van der Waals surface area (Å²) in [4.78, 5) is 0. The van der Waals surface area contributed by atoms with E-state index in [1.165, 1.54) is 12.1 Å². The van der Waals surface area contributed by atoms with Crippen LogP contribution in [0.15, 0.2) is 36.4 Å². The number of aromatic hydroxyl groups is 3. The molecule has 0 radical (unpaired) electrons. The molecule has 0 bridgehead atoms. The van der Waals surface area contributed by atoms with Crippen LogP contribution in [0.3, 0.4) is 0 Å². The van der Waals surface area contributed by atoms with E-state index in [9.17, 15) is 20.4 Å². The Morgan fingerprint density at radius 3 is 2.00 bits per heavy atom. The van der Waals surface area contributed by atoms with E-state index in [1.807, 2.05) is 0 Å². The van der Waals surface area contributed by atoms with Gasteiger partial charge in [-0.05, 0) is 47.4 Å². The Labute approximate surface area is 159 Å². The standard InChI is InChI=1S/C15H14O4.Al.3BrH/c16-10-3-1-8(2-4-10)15-11-7-13(18)12(17)5-9(11)6-14(15)19;;;;/h1-5,7,14-19H,6H2;;3*1H/q;+3;;;/p-3. The molecule has 0 heterocycles. The van der Waals surface area contributed by atoms with E-state index in [4.69, 9.17) is 0 Å². The van der Waals surface area contributed by atoms with Gasteiger partial charge in [0.15, 0.2) is 11.5 Å². The molecular formula is C15H14AlBr3O4. The number of fused-ring (bicyclic) bond motifs is 1. The molecule has 0 saturated carbocycles. The summed E-state index contributed by atoms with van der Waals surface area (Å²) in [7, 11) is -0.701. The van der Waals surface area contributed by atoms with Crippen LogP contribution < -0.4 is 0 Å². The van der Waals surface area contributed by atoms with E-state index >= 15 is 0 Å². The molecule has 122 valence electrons. The number of rotatable bonds is 1. The summed E-state index contributed by atoms with van der Waals surface area (Å²) in [5.41, 5.74) is 2.52. The maximum Gasteiger partial charge on any atom is 0.542 e. The Kier molecular flexibility index (Phi) is 6.84. The molecule has 8 heteroatoms.